The maximum Gasteiger partial charge on any atom is 0.222 e. The van der Waals surface area contributed by atoms with Crippen molar-refractivity contribution in [2.45, 2.75) is 32.1 Å². The Morgan fingerprint density at radius 3 is 2.63 bits per heavy atom. The third-order valence-electron chi connectivity index (χ3n) is 8.10. The van der Waals surface area contributed by atoms with Crippen molar-refractivity contribution in [3.8, 4) is 11.5 Å². The lowest BCUT2D eigenvalue weighted by atomic mass is 9.91. The number of carbonyl (C=O) groups excluding carboxylic acids is 1. The number of aromatic amines is 1. The van der Waals surface area contributed by atoms with E-state index in [1.165, 1.54) is 5.69 Å². The van der Waals surface area contributed by atoms with Crippen LogP contribution in [0, 0.1) is 11.8 Å². The van der Waals surface area contributed by atoms with Crippen molar-refractivity contribution in [2.24, 2.45) is 11.8 Å². The van der Waals surface area contributed by atoms with Gasteiger partial charge in [0.15, 0.2) is 0 Å². The number of hydrogen-bond donors (Lipinski definition) is 1. The number of pyridine rings is 2. The molecule has 0 spiro atoms. The number of hydrogen-bond acceptors (Lipinski definition) is 6. The van der Waals surface area contributed by atoms with Gasteiger partial charge >= 0.3 is 0 Å². The molecule has 2 saturated heterocycles. The van der Waals surface area contributed by atoms with Crippen LogP contribution in [0.2, 0.25) is 0 Å². The Morgan fingerprint density at radius 1 is 1.00 bits per heavy atom. The molecule has 1 atom stereocenters. The largest absolute Gasteiger partial charge is 0.497 e. The number of fused-ring (bicyclic) bond motifs is 3. The lowest BCUT2D eigenvalue weighted by molar-refractivity contribution is -0.134. The van der Waals surface area contributed by atoms with Gasteiger partial charge in [0.2, 0.25) is 5.91 Å². The van der Waals surface area contributed by atoms with Crippen molar-refractivity contribution in [2.75, 3.05) is 44.8 Å². The number of benzene rings is 1. The van der Waals surface area contributed by atoms with Crippen LogP contribution < -0.4 is 14.4 Å². The topological polar surface area (TPSA) is 83.6 Å². The van der Waals surface area contributed by atoms with Crippen molar-refractivity contribution in [3.63, 3.8) is 0 Å². The lowest BCUT2D eigenvalue weighted by Crippen LogP contribution is -2.43. The monoisotopic (exact) mass is 513 g/mol. The smallest absolute Gasteiger partial charge is 0.222 e. The molecule has 8 heteroatoms. The summed E-state index contributed by atoms with van der Waals surface area (Å²) in [6.45, 7) is 4.18. The third-order valence-corrected chi connectivity index (χ3v) is 8.10. The molecule has 1 unspecified atom stereocenters. The normalized spacial score (nSPS) is 18.7. The molecule has 6 rings (SSSR count). The minimum atomic E-state index is 0.298. The molecule has 0 bridgehead atoms. The Kier molecular flexibility index (Phi) is 7.03. The van der Waals surface area contributed by atoms with Crippen LogP contribution in [0.4, 0.5) is 5.69 Å². The van der Waals surface area contributed by atoms with Gasteiger partial charge in [-0.05, 0) is 68.0 Å². The van der Waals surface area contributed by atoms with E-state index >= 15 is 0 Å². The fraction of sp³-hybridized carbons (Fsp3) is 0.433. The number of carbonyl (C=O) groups is 1. The average Bonchev–Trinajstić information content (AvgIpc) is 3.46. The molecule has 198 valence electrons. The molecule has 2 fully saturated rings. The number of nitrogens with zero attached hydrogens (tertiary/aromatic N) is 4. The van der Waals surface area contributed by atoms with Gasteiger partial charge in [-0.1, -0.05) is 0 Å². The predicted molar refractivity (Wildman–Crippen MR) is 149 cm³/mol. The quantitative estimate of drug-likeness (QED) is 0.373. The Morgan fingerprint density at radius 2 is 1.82 bits per heavy atom. The Hall–Kier alpha value is -3.81. The molecule has 0 saturated carbocycles. The highest BCUT2D eigenvalue weighted by molar-refractivity contribution is 6.09. The van der Waals surface area contributed by atoms with Crippen molar-refractivity contribution in [1.29, 1.82) is 0 Å². The van der Waals surface area contributed by atoms with Crippen LogP contribution in [-0.4, -0.2) is 65.7 Å². The number of likely N-dealkylation sites (tertiary alicyclic amines) is 1. The van der Waals surface area contributed by atoms with E-state index in [-0.39, 0.29) is 0 Å². The van der Waals surface area contributed by atoms with Gasteiger partial charge in [0.25, 0.3) is 0 Å². The number of amides is 1. The van der Waals surface area contributed by atoms with E-state index < -0.39 is 0 Å². The molecule has 1 aromatic carbocycles. The molecule has 1 amide bonds. The summed E-state index contributed by atoms with van der Waals surface area (Å²) >= 11 is 0. The van der Waals surface area contributed by atoms with Crippen molar-refractivity contribution in [3.05, 3.63) is 55.0 Å². The van der Waals surface area contributed by atoms with Gasteiger partial charge in [0, 0.05) is 67.4 Å². The molecular formula is C30H35N5O3. The number of aromatic nitrogens is 3. The van der Waals surface area contributed by atoms with Gasteiger partial charge in [-0.25, -0.2) is 4.98 Å². The number of nitrogens with one attached hydrogen (secondary N) is 1. The first kappa shape index (κ1) is 24.5. The highest BCUT2D eigenvalue weighted by Crippen LogP contribution is 2.34. The van der Waals surface area contributed by atoms with E-state index in [9.17, 15) is 4.79 Å². The molecular weight excluding hydrogens is 478 g/mol. The molecule has 8 nitrogen and oxygen atoms in total. The summed E-state index contributed by atoms with van der Waals surface area (Å²) in [4.78, 5) is 30.0. The first-order valence-corrected chi connectivity index (χ1v) is 13.7. The zero-order valence-electron chi connectivity index (χ0n) is 21.9. The van der Waals surface area contributed by atoms with E-state index in [0.717, 1.165) is 85.3 Å². The molecule has 2 aliphatic rings. The number of rotatable bonds is 7. The van der Waals surface area contributed by atoms with Crippen molar-refractivity contribution < 1.29 is 14.3 Å². The summed E-state index contributed by atoms with van der Waals surface area (Å²) in [6, 6.07) is 11.9. The van der Waals surface area contributed by atoms with Gasteiger partial charge in [-0.2, -0.15) is 0 Å². The van der Waals surface area contributed by atoms with Gasteiger partial charge in [0.1, 0.15) is 17.1 Å². The zero-order chi connectivity index (χ0) is 25.9. The summed E-state index contributed by atoms with van der Waals surface area (Å²) in [6.07, 6.45) is 10.5. The fourth-order valence-electron chi connectivity index (χ4n) is 5.97. The summed E-state index contributed by atoms with van der Waals surface area (Å²) < 4.78 is 11.2. The number of piperidine rings is 2. The molecule has 1 N–H and O–H groups in total. The molecule has 38 heavy (non-hydrogen) atoms. The van der Waals surface area contributed by atoms with Crippen LogP contribution in [0.25, 0.3) is 21.9 Å². The predicted octanol–water partition coefficient (Wildman–Crippen LogP) is 5.04. The third kappa shape index (κ3) is 5.12. The van der Waals surface area contributed by atoms with E-state index in [1.807, 2.05) is 42.9 Å². The van der Waals surface area contributed by atoms with Gasteiger partial charge in [-0.3, -0.25) is 9.78 Å². The fourth-order valence-corrected chi connectivity index (χ4v) is 5.97. The maximum atomic E-state index is 13.2. The number of anilines is 1. The maximum absolute atomic E-state index is 13.2. The van der Waals surface area contributed by atoms with Crippen LogP contribution in [0.5, 0.6) is 11.5 Å². The highest BCUT2D eigenvalue weighted by Gasteiger charge is 2.28. The summed E-state index contributed by atoms with van der Waals surface area (Å²) in [5.41, 5.74) is 3.02. The van der Waals surface area contributed by atoms with Crippen LogP contribution >= 0.6 is 0 Å². The molecule has 4 aromatic rings. The molecule has 5 heterocycles. The average molecular weight is 514 g/mol. The molecule has 0 aliphatic carbocycles. The van der Waals surface area contributed by atoms with Gasteiger partial charge in [-0.15, -0.1) is 0 Å². The number of ether oxygens (including phenoxy) is 2. The van der Waals surface area contributed by atoms with E-state index in [1.54, 1.807) is 7.11 Å². The van der Waals surface area contributed by atoms with Gasteiger partial charge in [0.05, 0.1) is 25.4 Å². The standard InChI is InChI=1S/C30H35N5O3/c1-37-23-4-6-24(7-5-23)38-20-22-3-2-14-35(19-22)28(36)17-21-10-15-34(16-11-21)27-9-13-31-26-18-33-30-25(29(26)27)8-12-32-30/h4-9,12-13,18,21-22H,2-3,10-11,14-17,19-20H2,1H3,(H,32,33). The summed E-state index contributed by atoms with van der Waals surface area (Å²) in [5.74, 6) is 2.76. The van der Waals surface area contributed by atoms with E-state index in [2.05, 4.69) is 36.9 Å². The molecule has 0 radical (unpaired) electrons. The van der Waals surface area contributed by atoms with Crippen molar-refractivity contribution in [1.82, 2.24) is 19.9 Å². The van der Waals surface area contributed by atoms with Crippen LogP contribution in [0.1, 0.15) is 32.1 Å². The SMILES string of the molecule is COc1ccc(OCC2CCCN(C(=O)CC3CCN(c4ccnc5cnc6[nH]ccc6c45)CC3)C2)cc1. The first-order valence-electron chi connectivity index (χ1n) is 13.7. The zero-order valence-corrected chi connectivity index (χ0v) is 21.9. The number of H-pyrrole nitrogens is 1. The summed E-state index contributed by atoms with van der Waals surface area (Å²) in [5, 5.41) is 2.27. The van der Waals surface area contributed by atoms with E-state index in [0.29, 0.717) is 30.8 Å². The van der Waals surface area contributed by atoms with Crippen LogP contribution in [-0.2, 0) is 4.79 Å². The van der Waals surface area contributed by atoms with Crippen LogP contribution in [0.15, 0.2) is 55.0 Å². The molecule has 2 aliphatic heterocycles. The second kappa shape index (κ2) is 10.9. The van der Waals surface area contributed by atoms with Gasteiger partial charge < -0.3 is 24.3 Å². The second-order valence-electron chi connectivity index (χ2n) is 10.6. The lowest BCUT2D eigenvalue weighted by Gasteiger charge is -2.36. The Balaban J connectivity index is 1.02. The second-order valence-corrected chi connectivity index (χ2v) is 10.6. The summed E-state index contributed by atoms with van der Waals surface area (Å²) in [7, 11) is 1.66. The van der Waals surface area contributed by atoms with Crippen molar-refractivity contribution >= 4 is 33.5 Å². The number of methoxy groups -OCH3 is 1. The van der Waals surface area contributed by atoms with E-state index in [4.69, 9.17) is 9.47 Å². The Labute approximate surface area is 223 Å². The minimum absolute atomic E-state index is 0.298. The minimum Gasteiger partial charge on any atom is -0.497 e. The highest BCUT2D eigenvalue weighted by atomic mass is 16.5. The Bertz CT molecular complexity index is 1390. The first-order chi connectivity index (χ1) is 18.7. The van der Waals surface area contributed by atoms with Crippen LogP contribution in [0.3, 0.4) is 0 Å². The molecule has 3 aromatic heterocycles.